The maximum absolute atomic E-state index is 12.4. The summed E-state index contributed by atoms with van der Waals surface area (Å²) in [5, 5.41) is 8.29. The summed E-state index contributed by atoms with van der Waals surface area (Å²) < 4.78 is 22.5. The highest BCUT2D eigenvalue weighted by Gasteiger charge is 2.41. The molecule has 0 spiro atoms. The zero-order chi connectivity index (χ0) is 25.0. The van der Waals surface area contributed by atoms with Gasteiger partial charge in [-0.1, -0.05) is 12.1 Å². The SMILES string of the molecule is CC(=O)OC[C@@H](OC(C)=O)[C@H](OC(C)=O)[C@@H](OC(C)=O)c1nnc2[nH]c(=O)c3ccccc3n12. The van der Waals surface area contributed by atoms with E-state index in [1.54, 1.807) is 24.3 Å². The van der Waals surface area contributed by atoms with Crippen molar-refractivity contribution >= 4 is 40.6 Å². The fourth-order valence-electron chi connectivity index (χ4n) is 3.41. The molecule has 3 aromatic rings. The van der Waals surface area contributed by atoms with Crippen LogP contribution in [0.2, 0.25) is 0 Å². The zero-order valence-corrected chi connectivity index (χ0v) is 18.8. The topological polar surface area (TPSA) is 168 Å². The molecule has 180 valence electrons. The first-order chi connectivity index (χ1) is 16.1. The van der Waals surface area contributed by atoms with Crippen molar-refractivity contribution < 1.29 is 38.1 Å². The first-order valence-electron chi connectivity index (χ1n) is 10.1. The van der Waals surface area contributed by atoms with Gasteiger partial charge in [-0.25, -0.2) is 0 Å². The first kappa shape index (κ1) is 24.4. The van der Waals surface area contributed by atoms with Crippen molar-refractivity contribution in [3.63, 3.8) is 0 Å². The second-order valence-corrected chi connectivity index (χ2v) is 7.24. The van der Waals surface area contributed by atoms with Gasteiger partial charge in [0.2, 0.25) is 11.9 Å². The second-order valence-electron chi connectivity index (χ2n) is 7.24. The van der Waals surface area contributed by atoms with Crippen LogP contribution in [0.5, 0.6) is 0 Å². The van der Waals surface area contributed by atoms with Crippen molar-refractivity contribution in [2.75, 3.05) is 6.61 Å². The first-order valence-corrected chi connectivity index (χ1v) is 10.1. The molecule has 2 heterocycles. The van der Waals surface area contributed by atoms with Crippen LogP contribution in [-0.4, -0.2) is 62.3 Å². The molecular weight excluding hydrogens is 452 g/mol. The van der Waals surface area contributed by atoms with Crippen molar-refractivity contribution in [1.82, 2.24) is 19.6 Å². The molecule has 2 aromatic heterocycles. The summed E-state index contributed by atoms with van der Waals surface area (Å²) in [6, 6.07) is 6.54. The molecule has 13 heteroatoms. The third kappa shape index (κ3) is 5.36. The van der Waals surface area contributed by atoms with Crippen LogP contribution < -0.4 is 5.56 Å². The molecule has 1 aromatic carbocycles. The minimum Gasteiger partial charge on any atom is -0.462 e. The Morgan fingerprint density at radius 1 is 0.912 bits per heavy atom. The highest BCUT2D eigenvalue weighted by Crippen LogP contribution is 2.28. The normalized spacial score (nSPS) is 13.6. The standard InChI is InChI=1S/C21H22N4O9/c1-10(26)31-9-16(32-11(2)27)17(33-12(3)28)18(34-13(4)29)19-23-24-21-22-20(30)14-7-5-6-8-15(14)25(19)21/h5-8,16-18H,9H2,1-4H3,(H,22,24,30)/t16-,17+,18-/m1/s1. The van der Waals surface area contributed by atoms with Crippen LogP contribution in [0, 0.1) is 0 Å². The number of aromatic nitrogens is 4. The number of fused-ring (bicyclic) bond motifs is 3. The average Bonchev–Trinajstić information content (AvgIpc) is 3.17. The number of carbonyl (C=O) groups excluding carboxylic acids is 4. The van der Waals surface area contributed by atoms with E-state index in [4.69, 9.17) is 18.9 Å². The van der Waals surface area contributed by atoms with E-state index >= 15 is 0 Å². The fraction of sp³-hybridized carbons (Fsp3) is 0.381. The lowest BCUT2D eigenvalue weighted by atomic mass is 10.1. The molecule has 3 rings (SSSR count). The predicted octanol–water partition coefficient (Wildman–Crippen LogP) is 0.602. The van der Waals surface area contributed by atoms with E-state index in [1.165, 1.54) is 4.40 Å². The molecule has 0 aliphatic rings. The number of rotatable bonds is 8. The average molecular weight is 474 g/mol. The summed E-state index contributed by atoms with van der Waals surface area (Å²) in [5.41, 5.74) is -0.0423. The van der Waals surface area contributed by atoms with Crippen LogP contribution in [0.3, 0.4) is 0 Å². The molecule has 0 saturated heterocycles. The Morgan fingerprint density at radius 3 is 2.18 bits per heavy atom. The molecule has 0 aliphatic heterocycles. The van der Waals surface area contributed by atoms with Crippen molar-refractivity contribution in [3.8, 4) is 0 Å². The van der Waals surface area contributed by atoms with Crippen molar-refractivity contribution in [1.29, 1.82) is 0 Å². The third-order valence-electron chi connectivity index (χ3n) is 4.59. The number of hydrogen-bond acceptors (Lipinski definition) is 11. The number of esters is 4. The number of nitrogens with zero attached hydrogens (tertiary/aromatic N) is 3. The number of carbonyl (C=O) groups is 4. The summed E-state index contributed by atoms with van der Waals surface area (Å²) >= 11 is 0. The smallest absolute Gasteiger partial charge is 0.303 e. The number of ether oxygens (including phenoxy) is 4. The van der Waals surface area contributed by atoms with E-state index in [0.29, 0.717) is 5.52 Å². The number of aromatic amines is 1. The minimum atomic E-state index is -1.48. The number of hydrogen-bond donors (Lipinski definition) is 1. The van der Waals surface area contributed by atoms with Crippen LogP contribution in [0.25, 0.3) is 16.7 Å². The Labute approximate surface area is 191 Å². The number of benzene rings is 1. The highest BCUT2D eigenvalue weighted by molar-refractivity contribution is 5.80. The van der Waals surface area contributed by atoms with Crippen molar-refractivity contribution in [2.45, 2.75) is 46.0 Å². The van der Waals surface area contributed by atoms with E-state index in [9.17, 15) is 24.0 Å². The fourth-order valence-corrected chi connectivity index (χ4v) is 3.41. The Kier molecular flexibility index (Phi) is 7.24. The van der Waals surface area contributed by atoms with Gasteiger partial charge < -0.3 is 18.9 Å². The summed E-state index contributed by atoms with van der Waals surface area (Å²) in [6.07, 6.45) is -4.32. The maximum atomic E-state index is 12.4. The maximum Gasteiger partial charge on any atom is 0.303 e. The van der Waals surface area contributed by atoms with Gasteiger partial charge in [0.15, 0.2) is 18.0 Å². The second kappa shape index (κ2) is 10.1. The minimum absolute atomic E-state index is 0.0291. The van der Waals surface area contributed by atoms with E-state index in [-0.39, 0.29) is 17.0 Å². The summed E-state index contributed by atoms with van der Waals surface area (Å²) in [7, 11) is 0. The number of H-pyrrole nitrogens is 1. The molecule has 0 aliphatic carbocycles. The monoisotopic (exact) mass is 474 g/mol. The van der Waals surface area contributed by atoms with Crippen LogP contribution in [-0.2, 0) is 38.1 Å². The summed E-state index contributed by atoms with van der Waals surface area (Å²) in [4.78, 5) is 62.1. The van der Waals surface area contributed by atoms with Crippen LogP contribution in [0.1, 0.15) is 39.6 Å². The lowest BCUT2D eigenvalue weighted by molar-refractivity contribution is -0.190. The molecule has 0 bridgehead atoms. The lowest BCUT2D eigenvalue weighted by Crippen LogP contribution is -2.44. The van der Waals surface area contributed by atoms with E-state index in [0.717, 1.165) is 27.7 Å². The van der Waals surface area contributed by atoms with Gasteiger partial charge in [-0.2, -0.15) is 0 Å². The van der Waals surface area contributed by atoms with Gasteiger partial charge in [0.25, 0.3) is 5.56 Å². The molecule has 1 N–H and O–H groups in total. The Morgan fingerprint density at radius 2 is 1.56 bits per heavy atom. The van der Waals surface area contributed by atoms with Gasteiger partial charge in [0.05, 0.1) is 10.9 Å². The Bertz CT molecular complexity index is 1310. The van der Waals surface area contributed by atoms with Crippen molar-refractivity contribution in [2.24, 2.45) is 0 Å². The van der Waals surface area contributed by atoms with E-state index in [1.807, 2.05) is 0 Å². The zero-order valence-electron chi connectivity index (χ0n) is 18.8. The van der Waals surface area contributed by atoms with Gasteiger partial charge in [-0.3, -0.25) is 33.4 Å². The quantitative estimate of drug-likeness (QED) is 0.358. The van der Waals surface area contributed by atoms with Gasteiger partial charge in [-0.15, -0.1) is 10.2 Å². The lowest BCUT2D eigenvalue weighted by Gasteiger charge is -2.30. The van der Waals surface area contributed by atoms with Crippen LogP contribution in [0.15, 0.2) is 29.1 Å². The van der Waals surface area contributed by atoms with Gasteiger partial charge >= 0.3 is 23.9 Å². The number of para-hydroxylation sites is 1. The molecule has 34 heavy (non-hydrogen) atoms. The molecular formula is C21H22N4O9. The van der Waals surface area contributed by atoms with Crippen LogP contribution in [0.4, 0.5) is 0 Å². The molecule has 0 fully saturated rings. The van der Waals surface area contributed by atoms with Crippen molar-refractivity contribution in [3.05, 3.63) is 40.4 Å². The highest BCUT2D eigenvalue weighted by atomic mass is 16.6. The molecule has 0 unspecified atom stereocenters. The molecule has 0 amide bonds. The summed E-state index contributed by atoms with van der Waals surface area (Å²) in [6.45, 7) is 3.97. The number of nitrogens with one attached hydrogen (secondary N) is 1. The molecule has 0 radical (unpaired) electrons. The largest absolute Gasteiger partial charge is 0.462 e. The predicted molar refractivity (Wildman–Crippen MR) is 113 cm³/mol. The van der Waals surface area contributed by atoms with Gasteiger partial charge in [0.1, 0.15) is 6.61 Å². The Hall–Kier alpha value is -4.29. The Balaban J connectivity index is 2.24. The molecule has 0 saturated carbocycles. The van der Waals surface area contributed by atoms with E-state index < -0.39 is 54.4 Å². The third-order valence-corrected chi connectivity index (χ3v) is 4.59. The van der Waals surface area contributed by atoms with Gasteiger partial charge in [-0.05, 0) is 12.1 Å². The summed E-state index contributed by atoms with van der Waals surface area (Å²) in [5.74, 6) is -3.03. The molecule has 13 nitrogen and oxygen atoms in total. The van der Waals surface area contributed by atoms with Gasteiger partial charge in [0, 0.05) is 27.7 Å². The molecule has 3 atom stereocenters. The van der Waals surface area contributed by atoms with E-state index in [2.05, 4.69) is 15.2 Å². The van der Waals surface area contributed by atoms with Crippen LogP contribution >= 0.6 is 0 Å².